The number of phenolic OH excluding ortho intramolecular Hbond substituents is 1. The van der Waals surface area contributed by atoms with Crippen LogP contribution in [-0.4, -0.2) is 92.0 Å². The number of aliphatic hydroxyl groups excluding tert-OH is 1. The lowest BCUT2D eigenvalue weighted by atomic mass is 9.83. The van der Waals surface area contributed by atoms with Crippen molar-refractivity contribution in [2.24, 2.45) is 0 Å². The number of aliphatic hydroxyl groups is 2. The van der Waals surface area contributed by atoms with Gasteiger partial charge in [0.2, 0.25) is 0 Å². The van der Waals surface area contributed by atoms with Crippen molar-refractivity contribution in [3.8, 4) is 11.5 Å². The lowest BCUT2D eigenvalue weighted by molar-refractivity contribution is -0.170. The van der Waals surface area contributed by atoms with Gasteiger partial charge in [0.1, 0.15) is 0 Å². The van der Waals surface area contributed by atoms with Crippen LogP contribution in [0.4, 0.5) is 0 Å². The number of hydrogen-bond acceptors (Lipinski definition) is 9. The van der Waals surface area contributed by atoms with Crippen LogP contribution in [0.25, 0.3) is 21.5 Å². The number of halogens is 1. The van der Waals surface area contributed by atoms with Gasteiger partial charge < -0.3 is 40.1 Å². The van der Waals surface area contributed by atoms with Crippen molar-refractivity contribution in [3.63, 3.8) is 0 Å². The number of rotatable bonds is 7. The van der Waals surface area contributed by atoms with E-state index >= 15 is 0 Å². The molecule has 0 aromatic heterocycles. The Kier molecular flexibility index (Phi) is 12.3. The standard InChI is InChI=1S/C20H19BrO4.C17H17N.C6H8O7/c1-24-18-9-12-11-5-3-10-4-6-16(22)20(25-2)19(10)14(11)7-15(21)13(12)8-17(18)23;1-2-7-15-12-18-10-9-13-5-3-4-8-16(13)17(18)11-14(15)6-1;7-3(8)1-6(13,5(11)12)2-4(9)10/h3-7,17-18,22-23H,8-9H2,1-2H3;1-8,17H,9-12H2;13H,1-2H2,(H,7,8)(H,9,10)(H,11,12). The summed E-state index contributed by atoms with van der Waals surface area (Å²) in [4.78, 5) is 33.1. The van der Waals surface area contributed by atoms with Crippen LogP contribution in [-0.2, 0) is 51.3 Å². The average molecular weight is 831 g/mol. The van der Waals surface area contributed by atoms with E-state index in [4.69, 9.17) is 29.9 Å². The van der Waals surface area contributed by atoms with Crippen LogP contribution in [0.1, 0.15) is 52.3 Å². The maximum atomic E-state index is 10.3. The van der Waals surface area contributed by atoms with Crippen LogP contribution in [0.5, 0.6) is 11.5 Å². The monoisotopic (exact) mass is 829 g/mol. The molecule has 0 amide bonds. The first kappa shape index (κ1) is 40.6. The summed E-state index contributed by atoms with van der Waals surface area (Å²) in [5, 5.41) is 58.3. The Labute approximate surface area is 331 Å². The Morgan fingerprint density at radius 2 is 1.46 bits per heavy atom. The highest BCUT2D eigenvalue weighted by atomic mass is 79.9. The van der Waals surface area contributed by atoms with Crippen LogP contribution >= 0.6 is 15.9 Å². The average Bonchev–Trinajstić information content (AvgIpc) is 3.17. The predicted molar refractivity (Wildman–Crippen MR) is 212 cm³/mol. The highest BCUT2D eigenvalue weighted by Gasteiger charge is 2.41. The number of nitrogens with zero attached hydrogens (tertiary/aromatic N) is 1. The third kappa shape index (κ3) is 8.37. The Bertz CT molecular complexity index is 2280. The topological polar surface area (TPSA) is 194 Å². The van der Waals surface area contributed by atoms with Crippen molar-refractivity contribution in [1.82, 2.24) is 4.90 Å². The minimum atomic E-state index is -2.74. The zero-order chi connectivity index (χ0) is 40.3. The van der Waals surface area contributed by atoms with E-state index in [-0.39, 0.29) is 11.9 Å². The number of carboxylic acid groups (broad SMARTS) is 3. The van der Waals surface area contributed by atoms with E-state index in [2.05, 4.69) is 81.5 Å². The second kappa shape index (κ2) is 17.0. The molecule has 13 heteroatoms. The molecule has 6 N–H and O–H groups in total. The van der Waals surface area contributed by atoms with E-state index in [1.165, 1.54) is 36.1 Å². The molecule has 0 bridgehead atoms. The van der Waals surface area contributed by atoms with E-state index in [1.54, 1.807) is 31.4 Å². The summed E-state index contributed by atoms with van der Waals surface area (Å²) in [7, 11) is 3.20. The van der Waals surface area contributed by atoms with E-state index in [1.807, 2.05) is 12.1 Å². The van der Waals surface area contributed by atoms with Crippen molar-refractivity contribution < 1.29 is 54.5 Å². The number of benzene rings is 5. The van der Waals surface area contributed by atoms with Crippen LogP contribution < -0.4 is 4.74 Å². The number of carbonyl (C=O) groups is 3. The van der Waals surface area contributed by atoms with Gasteiger partial charge in [-0.3, -0.25) is 14.5 Å². The van der Waals surface area contributed by atoms with Crippen LogP contribution in [0.2, 0.25) is 0 Å². The van der Waals surface area contributed by atoms with Crippen LogP contribution in [0, 0.1) is 0 Å². The molecule has 0 saturated heterocycles. The van der Waals surface area contributed by atoms with Crippen LogP contribution in [0.3, 0.4) is 0 Å². The third-order valence-electron chi connectivity index (χ3n) is 10.9. The molecule has 0 saturated carbocycles. The summed E-state index contributed by atoms with van der Waals surface area (Å²) in [6, 6.07) is 28.2. The number of phenols is 1. The Balaban J connectivity index is 0.000000151. The number of methoxy groups -OCH3 is 2. The molecule has 0 radical (unpaired) electrons. The van der Waals surface area contributed by atoms with Gasteiger partial charge in [-0.15, -0.1) is 0 Å². The zero-order valence-electron chi connectivity index (χ0n) is 30.9. The second-order valence-electron chi connectivity index (χ2n) is 14.3. The Morgan fingerprint density at radius 3 is 2.11 bits per heavy atom. The first-order valence-corrected chi connectivity index (χ1v) is 18.9. The number of fused-ring (bicyclic) bond motifs is 9. The van der Waals surface area contributed by atoms with Gasteiger partial charge in [-0.2, -0.15) is 0 Å². The lowest BCUT2D eigenvalue weighted by Gasteiger charge is -2.41. The molecule has 3 unspecified atom stereocenters. The van der Waals surface area contributed by atoms with Gasteiger partial charge in [-0.05, 0) is 74.5 Å². The molecule has 8 rings (SSSR count). The predicted octanol–water partition coefficient (Wildman–Crippen LogP) is 6.04. The summed E-state index contributed by atoms with van der Waals surface area (Å²) in [6.45, 7) is 2.32. The molecule has 5 aromatic carbocycles. The quantitative estimate of drug-likeness (QED) is 0.104. The zero-order valence-corrected chi connectivity index (χ0v) is 32.5. The molecule has 3 aliphatic rings. The fourth-order valence-corrected chi connectivity index (χ4v) is 8.73. The van der Waals surface area contributed by atoms with Gasteiger partial charge in [0.05, 0.1) is 32.2 Å². The van der Waals surface area contributed by atoms with E-state index in [0.717, 1.165) is 38.1 Å². The van der Waals surface area contributed by atoms with Crippen molar-refractivity contribution in [2.45, 2.75) is 68.9 Å². The van der Waals surface area contributed by atoms with Gasteiger partial charge in [0, 0.05) is 48.9 Å². The normalized spacial score (nSPS) is 18.5. The molecule has 12 nitrogen and oxygen atoms in total. The first-order chi connectivity index (χ1) is 26.7. The van der Waals surface area contributed by atoms with Gasteiger partial charge in [0.15, 0.2) is 17.1 Å². The lowest BCUT2D eigenvalue weighted by Crippen LogP contribution is -2.42. The van der Waals surface area contributed by atoms with E-state index in [0.29, 0.717) is 24.6 Å². The summed E-state index contributed by atoms with van der Waals surface area (Å²) >= 11 is 3.67. The number of aromatic hydroxyl groups is 1. The van der Waals surface area contributed by atoms with Crippen LogP contribution in [0.15, 0.2) is 83.3 Å². The van der Waals surface area contributed by atoms with Gasteiger partial charge >= 0.3 is 17.9 Å². The third-order valence-corrected chi connectivity index (χ3v) is 11.6. The SMILES string of the molecule is COc1c(O)ccc2ccc3c4c(c(Br)cc3c12)CC(O)C(OC)C4.O=C(O)CC(O)(CC(=O)O)C(=O)O.c1ccc2c(c1)CC1c3ccccc3CCN1C2. The molecule has 2 aliphatic heterocycles. The number of carboxylic acids is 3. The van der Waals surface area contributed by atoms with Crippen molar-refractivity contribution in [2.75, 3.05) is 20.8 Å². The maximum Gasteiger partial charge on any atom is 0.336 e. The fraction of sp³-hybridized carbons (Fsp3) is 0.326. The van der Waals surface area contributed by atoms with E-state index in [9.17, 15) is 24.6 Å². The second-order valence-corrected chi connectivity index (χ2v) is 15.2. The summed E-state index contributed by atoms with van der Waals surface area (Å²) in [5.41, 5.74) is 5.72. The molecule has 0 spiro atoms. The van der Waals surface area contributed by atoms with Gasteiger partial charge in [-0.25, -0.2) is 4.79 Å². The largest absolute Gasteiger partial charge is 0.504 e. The molecule has 1 aliphatic carbocycles. The number of hydrogen-bond donors (Lipinski definition) is 6. The first-order valence-electron chi connectivity index (χ1n) is 18.2. The highest BCUT2D eigenvalue weighted by Crippen LogP contribution is 2.44. The molecule has 3 atom stereocenters. The molecule has 56 heavy (non-hydrogen) atoms. The fourth-order valence-electron chi connectivity index (χ4n) is 8.10. The molecule has 2 heterocycles. The Morgan fingerprint density at radius 1 is 0.821 bits per heavy atom. The molecule has 0 fully saturated rings. The minimum absolute atomic E-state index is 0.126. The summed E-state index contributed by atoms with van der Waals surface area (Å²) in [5.74, 6) is -4.41. The minimum Gasteiger partial charge on any atom is -0.504 e. The number of aliphatic carboxylic acids is 3. The van der Waals surface area contributed by atoms with Gasteiger partial charge in [-0.1, -0.05) is 82.7 Å². The highest BCUT2D eigenvalue weighted by molar-refractivity contribution is 9.10. The smallest absolute Gasteiger partial charge is 0.336 e. The van der Waals surface area contributed by atoms with Crippen molar-refractivity contribution in [3.05, 3.63) is 117 Å². The van der Waals surface area contributed by atoms with Crippen molar-refractivity contribution >= 4 is 55.4 Å². The number of ether oxygens (including phenoxy) is 2. The molecular weight excluding hydrogens is 786 g/mol. The van der Waals surface area contributed by atoms with E-state index < -0.39 is 42.5 Å². The summed E-state index contributed by atoms with van der Waals surface area (Å²) < 4.78 is 11.9. The molecule has 294 valence electrons. The molecular formula is C43H44BrNO11. The maximum absolute atomic E-state index is 10.3. The van der Waals surface area contributed by atoms with Gasteiger partial charge in [0.25, 0.3) is 0 Å². The molecule has 5 aromatic rings. The van der Waals surface area contributed by atoms with Crippen molar-refractivity contribution in [1.29, 1.82) is 0 Å². The summed E-state index contributed by atoms with van der Waals surface area (Å²) in [6.07, 6.45) is 0.567. The Hall–Kier alpha value is -5.05.